The van der Waals surface area contributed by atoms with E-state index in [2.05, 4.69) is 5.32 Å². The monoisotopic (exact) mass is 500 g/mol. The molecule has 0 bridgehead atoms. The Morgan fingerprint density at radius 2 is 1.49 bits per heavy atom. The van der Waals surface area contributed by atoms with Gasteiger partial charge in [0.1, 0.15) is 11.6 Å². The third-order valence-electron chi connectivity index (χ3n) is 6.68. The second kappa shape index (κ2) is 10.4. The normalized spacial score (nSPS) is 15.5. The van der Waals surface area contributed by atoms with E-state index in [4.69, 9.17) is 9.97 Å². The summed E-state index contributed by atoms with van der Waals surface area (Å²) in [5.74, 6) is -0.691. The molecule has 8 heteroatoms. The van der Waals surface area contributed by atoms with Crippen LogP contribution in [0.15, 0.2) is 66.7 Å². The summed E-state index contributed by atoms with van der Waals surface area (Å²) in [5, 5.41) is 2.99. The van der Waals surface area contributed by atoms with Crippen LogP contribution in [0.1, 0.15) is 30.1 Å². The molecule has 1 N–H and O–H groups in total. The van der Waals surface area contributed by atoms with E-state index in [1.807, 2.05) is 4.90 Å². The molecule has 1 aliphatic rings. The van der Waals surface area contributed by atoms with Gasteiger partial charge in [-0.3, -0.25) is 9.59 Å². The fourth-order valence-electron chi connectivity index (χ4n) is 4.67. The number of piperidine rings is 1. The number of benzene rings is 3. The molecule has 4 aromatic rings. The summed E-state index contributed by atoms with van der Waals surface area (Å²) in [6, 6.07) is 17.0. The molecule has 1 saturated heterocycles. The van der Waals surface area contributed by atoms with E-state index in [9.17, 15) is 18.4 Å². The van der Waals surface area contributed by atoms with Crippen LogP contribution >= 0.6 is 0 Å². The Labute approximate surface area is 213 Å². The van der Waals surface area contributed by atoms with Crippen molar-refractivity contribution >= 4 is 22.8 Å². The van der Waals surface area contributed by atoms with Crippen LogP contribution in [0.25, 0.3) is 33.5 Å². The van der Waals surface area contributed by atoms with Crippen molar-refractivity contribution in [1.29, 1.82) is 0 Å². The van der Waals surface area contributed by atoms with Crippen molar-refractivity contribution in [1.82, 2.24) is 20.2 Å². The van der Waals surface area contributed by atoms with Crippen LogP contribution in [0.2, 0.25) is 0 Å². The lowest BCUT2D eigenvalue weighted by atomic mass is 9.98. The summed E-state index contributed by atoms with van der Waals surface area (Å²) in [7, 11) is 0. The molecule has 1 atom stereocenters. The average molecular weight is 501 g/mol. The third kappa shape index (κ3) is 5.48. The molecule has 1 unspecified atom stereocenters. The first-order chi connectivity index (χ1) is 17.9. The van der Waals surface area contributed by atoms with E-state index < -0.39 is 0 Å². The van der Waals surface area contributed by atoms with Gasteiger partial charge in [0.25, 0.3) is 5.91 Å². The van der Waals surface area contributed by atoms with Crippen molar-refractivity contribution in [2.24, 2.45) is 5.92 Å². The van der Waals surface area contributed by atoms with Crippen molar-refractivity contribution in [2.75, 3.05) is 19.6 Å². The predicted molar refractivity (Wildman–Crippen MR) is 138 cm³/mol. The molecule has 1 aliphatic heterocycles. The number of nitrogens with one attached hydrogen (secondary N) is 1. The number of likely N-dealkylation sites (tertiary alicyclic amines) is 1. The van der Waals surface area contributed by atoms with Gasteiger partial charge in [0.05, 0.1) is 22.4 Å². The summed E-state index contributed by atoms with van der Waals surface area (Å²) in [5.41, 5.74) is 3.89. The first kappa shape index (κ1) is 24.5. The fourth-order valence-corrected chi connectivity index (χ4v) is 4.67. The lowest BCUT2D eigenvalue weighted by molar-refractivity contribution is -0.130. The van der Waals surface area contributed by atoms with Crippen molar-refractivity contribution < 1.29 is 18.4 Å². The number of carbonyl (C=O) groups excluding carboxylic acids is 2. The summed E-state index contributed by atoms with van der Waals surface area (Å²) in [4.78, 5) is 36.0. The molecule has 6 nitrogen and oxygen atoms in total. The van der Waals surface area contributed by atoms with Crippen molar-refractivity contribution in [3.63, 3.8) is 0 Å². The van der Waals surface area contributed by atoms with Gasteiger partial charge in [-0.2, -0.15) is 0 Å². The highest BCUT2D eigenvalue weighted by Crippen LogP contribution is 2.31. The van der Waals surface area contributed by atoms with E-state index in [0.717, 1.165) is 19.4 Å². The summed E-state index contributed by atoms with van der Waals surface area (Å²) in [6.45, 7) is 3.46. The molecule has 37 heavy (non-hydrogen) atoms. The molecule has 0 spiro atoms. The van der Waals surface area contributed by atoms with Gasteiger partial charge < -0.3 is 10.2 Å². The number of nitrogens with zero attached hydrogens (tertiary/aromatic N) is 3. The smallest absolute Gasteiger partial charge is 0.251 e. The Kier molecular flexibility index (Phi) is 6.90. The van der Waals surface area contributed by atoms with Gasteiger partial charge in [0.15, 0.2) is 0 Å². The zero-order chi connectivity index (χ0) is 25.9. The van der Waals surface area contributed by atoms with E-state index in [1.54, 1.807) is 49.4 Å². The summed E-state index contributed by atoms with van der Waals surface area (Å²) < 4.78 is 27.1. The van der Waals surface area contributed by atoms with Crippen molar-refractivity contribution in [3.05, 3.63) is 83.9 Å². The van der Waals surface area contributed by atoms with Gasteiger partial charge in [0, 0.05) is 43.2 Å². The van der Waals surface area contributed by atoms with Crippen LogP contribution in [0.3, 0.4) is 0 Å². The highest BCUT2D eigenvalue weighted by molar-refractivity contribution is 5.98. The second-order valence-corrected chi connectivity index (χ2v) is 9.32. The van der Waals surface area contributed by atoms with E-state index in [1.165, 1.54) is 24.3 Å². The first-order valence-corrected chi connectivity index (χ1v) is 12.2. The van der Waals surface area contributed by atoms with Crippen LogP contribution in [0, 0.1) is 17.6 Å². The average Bonchev–Trinajstić information content (AvgIpc) is 2.92. The Balaban J connectivity index is 1.44. The van der Waals surface area contributed by atoms with Crippen LogP contribution in [-0.2, 0) is 4.79 Å². The Bertz CT molecular complexity index is 1460. The summed E-state index contributed by atoms with van der Waals surface area (Å²) in [6.07, 6.45) is 1.88. The molecule has 0 aliphatic carbocycles. The third-order valence-corrected chi connectivity index (χ3v) is 6.68. The zero-order valence-corrected chi connectivity index (χ0v) is 20.4. The molecule has 2 amide bonds. The Morgan fingerprint density at radius 3 is 2.08 bits per heavy atom. The minimum absolute atomic E-state index is 0.0566. The van der Waals surface area contributed by atoms with Crippen molar-refractivity contribution in [3.8, 4) is 22.5 Å². The molecule has 5 rings (SSSR count). The number of fused-ring (bicyclic) bond motifs is 1. The zero-order valence-electron chi connectivity index (χ0n) is 20.4. The van der Waals surface area contributed by atoms with Gasteiger partial charge >= 0.3 is 0 Å². The van der Waals surface area contributed by atoms with Gasteiger partial charge in [-0.05, 0) is 85.5 Å². The molecule has 0 radical (unpaired) electrons. The number of carbonyl (C=O) groups is 2. The standard InChI is InChI=1S/C29H26F2N4O2/c1-18(36)35-14-2-3-19(17-35)16-32-29(37)22-8-13-25-26(15-22)34-28(21-6-11-24(31)12-7-21)27(33-25)20-4-9-23(30)10-5-20/h4-13,15,19H,2-3,14,16-17H2,1H3,(H,32,37). The van der Waals surface area contributed by atoms with Crippen LogP contribution in [0.4, 0.5) is 8.78 Å². The quantitative estimate of drug-likeness (QED) is 0.407. The second-order valence-electron chi connectivity index (χ2n) is 9.32. The van der Waals surface area contributed by atoms with Crippen LogP contribution in [0.5, 0.6) is 0 Å². The predicted octanol–water partition coefficient (Wildman–Crippen LogP) is 5.23. The van der Waals surface area contributed by atoms with E-state index in [-0.39, 0.29) is 29.4 Å². The highest BCUT2D eigenvalue weighted by atomic mass is 19.1. The van der Waals surface area contributed by atoms with Gasteiger partial charge in [-0.15, -0.1) is 0 Å². The number of halogens is 2. The lowest BCUT2D eigenvalue weighted by Crippen LogP contribution is -2.42. The minimum Gasteiger partial charge on any atom is -0.352 e. The summed E-state index contributed by atoms with van der Waals surface area (Å²) >= 11 is 0. The molecular formula is C29H26F2N4O2. The van der Waals surface area contributed by atoms with Gasteiger partial charge in [-0.25, -0.2) is 18.7 Å². The number of hydrogen-bond acceptors (Lipinski definition) is 4. The van der Waals surface area contributed by atoms with E-state index >= 15 is 0 Å². The van der Waals surface area contributed by atoms with Crippen LogP contribution < -0.4 is 5.32 Å². The molecule has 188 valence electrons. The Morgan fingerprint density at radius 1 is 0.892 bits per heavy atom. The number of rotatable bonds is 5. The highest BCUT2D eigenvalue weighted by Gasteiger charge is 2.22. The first-order valence-electron chi connectivity index (χ1n) is 12.2. The van der Waals surface area contributed by atoms with Gasteiger partial charge in [-0.1, -0.05) is 0 Å². The topological polar surface area (TPSA) is 75.2 Å². The molecule has 2 heterocycles. The molecule has 3 aromatic carbocycles. The van der Waals surface area contributed by atoms with E-state index in [0.29, 0.717) is 52.2 Å². The van der Waals surface area contributed by atoms with Crippen molar-refractivity contribution in [2.45, 2.75) is 19.8 Å². The number of hydrogen-bond donors (Lipinski definition) is 1. The maximum Gasteiger partial charge on any atom is 0.251 e. The molecule has 1 fully saturated rings. The molecular weight excluding hydrogens is 474 g/mol. The largest absolute Gasteiger partial charge is 0.352 e. The molecule has 0 saturated carbocycles. The Hall–Kier alpha value is -4.20. The minimum atomic E-state index is -0.371. The fraction of sp³-hybridized carbons (Fsp3) is 0.241. The number of amides is 2. The maximum atomic E-state index is 13.6. The molecule has 1 aromatic heterocycles. The van der Waals surface area contributed by atoms with Gasteiger partial charge in [0.2, 0.25) is 5.91 Å². The number of aromatic nitrogens is 2. The maximum absolute atomic E-state index is 13.6. The SMILES string of the molecule is CC(=O)N1CCCC(CNC(=O)c2ccc3nc(-c4ccc(F)cc4)c(-c4ccc(F)cc4)nc3c2)C1. The lowest BCUT2D eigenvalue weighted by Gasteiger charge is -2.32. The van der Waals surface area contributed by atoms with Crippen LogP contribution in [-0.4, -0.2) is 46.3 Å².